The lowest BCUT2D eigenvalue weighted by atomic mass is 9.87. The summed E-state index contributed by atoms with van der Waals surface area (Å²) < 4.78 is 25.6. The fraction of sp³-hybridized carbons (Fsp3) is 0.588. The molecule has 1 saturated carbocycles. The summed E-state index contributed by atoms with van der Waals surface area (Å²) >= 11 is 0. The number of carbonyl (C=O) groups excluding carboxylic acids is 1. The topological polar surface area (TPSA) is 20.3 Å². The Balaban J connectivity index is 1.64. The molecule has 2 aliphatic rings. The Morgan fingerprint density at radius 3 is 2.19 bits per heavy atom. The molecule has 0 bridgehead atoms. The van der Waals surface area contributed by atoms with Crippen molar-refractivity contribution in [2.75, 3.05) is 13.1 Å². The molecule has 0 unspecified atom stereocenters. The van der Waals surface area contributed by atoms with E-state index in [1.165, 1.54) is 16.9 Å². The average molecular weight is 293 g/mol. The zero-order valence-corrected chi connectivity index (χ0v) is 12.7. The van der Waals surface area contributed by atoms with Crippen molar-refractivity contribution in [2.24, 2.45) is 11.3 Å². The van der Waals surface area contributed by atoms with Gasteiger partial charge in [0.1, 0.15) is 0 Å². The lowest BCUT2D eigenvalue weighted by Gasteiger charge is -2.38. The molecule has 1 heterocycles. The fourth-order valence-corrected chi connectivity index (χ4v) is 3.23. The number of hydrogen-bond donors (Lipinski definition) is 0. The van der Waals surface area contributed by atoms with E-state index in [9.17, 15) is 13.6 Å². The van der Waals surface area contributed by atoms with E-state index >= 15 is 0 Å². The second kappa shape index (κ2) is 4.52. The summed E-state index contributed by atoms with van der Waals surface area (Å²) in [5, 5.41) is 0. The standard InChI is InChI=1S/C17H21F2NO/c1-16(2,3)14-8-13(14)11-4-6-12(7-5-11)15(21)20-9-17(18,19)10-20/h4-7,13-14H,8-10H2,1-3H3/t13-,14+/m1/s1. The molecule has 1 aliphatic carbocycles. The lowest BCUT2D eigenvalue weighted by Crippen LogP contribution is -2.58. The predicted octanol–water partition coefficient (Wildman–Crippen LogP) is 3.93. The van der Waals surface area contributed by atoms with Crippen molar-refractivity contribution >= 4 is 5.91 Å². The highest BCUT2D eigenvalue weighted by Gasteiger charge is 2.47. The third-order valence-corrected chi connectivity index (χ3v) is 4.62. The van der Waals surface area contributed by atoms with Gasteiger partial charge in [-0.3, -0.25) is 4.79 Å². The third-order valence-electron chi connectivity index (χ3n) is 4.62. The van der Waals surface area contributed by atoms with E-state index < -0.39 is 19.0 Å². The summed E-state index contributed by atoms with van der Waals surface area (Å²) in [4.78, 5) is 13.2. The Morgan fingerprint density at radius 1 is 1.19 bits per heavy atom. The maximum atomic E-state index is 12.8. The second-order valence-electron chi connectivity index (χ2n) is 7.45. The van der Waals surface area contributed by atoms with Crippen LogP contribution >= 0.6 is 0 Å². The molecule has 0 aromatic heterocycles. The monoisotopic (exact) mass is 293 g/mol. The number of nitrogens with zero attached hydrogens (tertiary/aromatic N) is 1. The summed E-state index contributed by atoms with van der Waals surface area (Å²) in [7, 11) is 0. The number of carbonyl (C=O) groups is 1. The molecule has 2 nitrogen and oxygen atoms in total. The summed E-state index contributed by atoms with van der Waals surface area (Å²) in [6, 6.07) is 7.49. The van der Waals surface area contributed by atoms with Crippen molar-refractivity contribution in [1.29, 1.82) is 0 Å². The van der Waals surface area contributed by atoms with Crippen LogP contribution in [0.5, 0.6) is 0 Å². The van der Waals surface area contributed by atoms with Gasteiger partial charge in [0.2, 0.25) is 0 Å². The van der Waals surface area contributed by atoms with Crippen LogP contribution in [0.2, 0.25) is 0 Å². The quantitative estimate of drug-likeness (QED) is 0.809. The Hall–Kier alpha value is -1.45. The molecule has 21 heavy (non-hydrogen) atoms. The van der Waals surface area contributed by atoms with E-state index in [1.54, 1.807) is 12.1 Å². The third kappa shape index (κ3) is 2.81. The number of halogens is 2. The normalized spacial score (nSPS) is 27.2. The van der Waals surface area contributed by atoms with Crippen LogP contribution in [0.1, 0.15) is 49.0 Å². The molecule has 1 amide bonds. The zero-order chi connectivity index (χ0) is 15.4. The molecule has 0 radical (unpaired) electrons. The molecule has 1 aromatic carbocycles. The van der Waals surface area contributed by atoms with Gasteiger partial charge in [0, 0.05) is 5.56 Å². The average Bonchev–Trinajstić information content (AvgIpc) is 3.15. The van der Waals surface area contributed by atoms with Crippen LogP contribution in [-0.2, 0) is 0 Å². The summed E-state index contributed by atoms with van der Waals surface area (Å²) in [6.45, 7) is 5.84. The van der Waals surface area contributed by atoms with Gasteiger partial charge in [0.25, 0.3) is 11.8 Å². The van der Waals surface area contributed by atoms with Gasteiger partial charge in [-0.25, -0.2) is 8.78 Å². The maximum Gasteiger partial charge on any atom is 0.282 e. The molecule has 2 atom stereocenters. The van der Waals surface area contributed by atoms with Crippen LogP contribution in [0.25, 0.3) is 0 Å². The van der Waals surface area contributed by atoms with Gasteiger partial charge in [0.15, 0.2) is 0 Å². The summed E-state index contributed by atoms with van der Waals surface area (Å²) in [5.74, 6) is -1.74. The van der Waals surface area contributed by atoms with E-state index in [0.717, 1.165) is 0 Å². The molecule has 4 heteroatoms. The largest absolute Gasteiger partial charge is 0.326 e. The van der Waals surface area contributed by atoms with E-state index in [1.807, 2.05) is 12.1 Å². The Morgan fingerprint density at radius 2 is 1.76 bits per heavy atom. The minimum atomic E-state index is -2.70. The van der Waals surface area contributed by atoms with Crippen molar-refractivity contribution < 1.29 is 13.6 Å². The highest BCUT2D eigenvalue weighted by atomic mass is 19.3. The van der Waals surface area contributed by atoms with Crippen LogP contribution in [0.4, 0.5) is 8.78 Å². The number of amides is 1. The molecule has 1 saturated heterocycles. The van der Waals surface area contributed by atoms with Gasteiger partial charge in [-0.15, -0.1) is 0 Å². The van der Waals surface area contributed by atoms with Crippen molar-refractivity contribution in [3.8, 4) is 0 Å². The molecule has 0 N–H and O–H groups in total. The van der Waals surface area contributed by atoms with Crippen molar-refractivity contribution in [3.63, 3.8) is 0 Å². The van der Waals surface area contributed by atoms with Gasteiger partial charge in [-0.05, 0) is 41.4 Å². The minimum absolute atomic E-state index is 0.296. The fourth-order valence-electron chi connectivity index (χ4n) is 3.23. The molecule has 1 aromatic rings. The van der Waals surface area contributed by atoms with Gasteiger partial charge in [-0.2, -0.15) is 0 Å². The predicted molar refractivity (Wildman–Crippen MR) is 77.6 cm³/mol. The van der Waals surface area contributed by atoms with E-state index in [0.29, 0.717) is 22.8 Å². The van der Waals surface area contributed by atoms with Crippen LogP contribution in [0.3, 0.4) is 0 Å². The minimum Gasteiger partial charge on any atom is -0.326 e. The Labute approximate surface area is 124 Å². The van der Waals surface area contributed by atoms with Gasteiger partial charge in [-0.1, -0.05) is 32.9 Å². The number of rotatable bonds is 2. The molecule has 1 aliphatic heterocycles. The molecular formula is C17H21F2NO. The lowest BCUT2D eigenvalue weighted by molar-refractivity contribution is -0.113. The highest BCUT2D eigenvalue weighted by Crippen LogP contribution is 2.56. The first kappa shape index (κ1) is 14.5. The first-order valence-corrected chi connectivity index (χ1v) is 7.44. The SMILES string of the molecule is CC(C)(C)[C@H]1C[C@@H]1c1ccc(C(=O)N2CC(F)(F)C2)cc1. The Kier molecular flexibility index (Phi) is 3.12. The number of likely N-dealkylation sites (tertiary alicyclic amines) is 1. The van der Waals surface area contributed by atoms with Crippen molar-refractivity contribution in [1.82, 2.24) is 4.90 Å². The Bertz CT molecular complexity index is 551. The number of alkyl halides is 2. The highest BCUT2D eigenvalue weighted by molar-refractivity contribution is 5.94. The van der Waals surface area contributed by atoms with Crippen LogP contribution in [-0.4, -0.2) is 29.8 Å². The van der Waals surface area contributed by atoms with Crippen molar-refractivity contribution in [3.05, 3.63) is 35.4 Å². The molecule has 0 spiro atoms. The van der Waals surface area contributed by atoms with Crippen LogP contribution in [0, 0.1) is 11.3 Å². The van der Waals surface area contributed by atoms with E-state index in [4.69, 9.17) is 0 Å². The number of hydrogen-bond acceptors (Lipinski definition) is 1. The molecular weight excluding hydrogens is 272 g/mol. The van der Waals surface area contributed by atoms with E-state index in [2.05, 4.69) is 20.8 Å². The maximum absolute atomic E-state index is 12.8. The summed E-state index contributed by atoms with van der Waals surface area (Å²) in [6.07, 6.45) is 1.19. The van der Waals surface area contributed by atoms with Crippen LogP contribution in [0.15, 0.2) is 24.3 Å². The smallest absolute Gasteiger partial charge is 0.282 e. The second-order valence-corrected chi connectivity index (χ2v) is 7.45. The first-order valence-electron chi connectivity index (χ1n) is 7.44. The summed E-state index contributed by atoms with van der Waals surface area (Å²) in [5.41, 5.74) is 2.06. The van der Waals surface area contributed by atoms with Crippen molar-refractivity contribution in [2.45, 2.75) is 39.0 Å². The molecule has 3 rings (SSSR count). The number of benzene rings is 1. The molecule has 2 fully saturated rings. The van der Waals surface area contributed by atoms with E-state index in [-0.39, 0.29) is 5.91 Å². The zero-order valence-electron chi connectivity index (χ0n) is 12.7. The van der Waals surface area contributed by atoms with Gasteiger partial charge < -0.3 is 4.90 Å². The van der Waals surface area contributed by atoms with Gasteiger partial charge >= 0.3 is 0 Å². The molecule has 114 valence electrons. The van der Waals surface area contributed by atoms with Crippen LogP contribution < -0.4 is 0 Å². The van der Waals surface area contributed by atoms with Gasteiger partial charge in [0.05, 0.1) is 13.1 Å². The first-order chi connectivity index (χ1) is 9.67.